The molecule has 0 unspecified atom stereocenters. The number of alkyl halides is 1. The number of aryl methyl sites for hydroxylation is 1. The Labute approximate surface area is 326 Å². The molecule has 0 spiro atoms. The van der Waals surface area contributed by atoms with Crippen LogP contribution >= 0.6 is 11.6 Å². The number of nitrogens with zero attached hydrogens (tertiary/aromatic N) is 6. The number of hydrogen-bond acceptors (Lipinski definition) is 11. The minimum absolute atomic E-state index is 0.0347. The van der Waals surface area contributed by atoms with Gasteiger partial charge in [0, 0.05) is 58.0 Å². The predicted octanol–water partition coefficient (Wildman–Crippen LogP) is 5.54. The molecule has 3 aromatic rings. The van der Waals surface area contributed by atoms with Gasteiger partial charge in [-0.2, -0.15) is 0 Å². The Kier molecular flexibility index (Phi) is 19.5. The Hall–Kier alpha value is -5.41. The molecule has 298 valence electrons. The quantitative estimate of drug-likeness (QED) is 0.136. The van der Waals surface area contributed by atoms with Crippen molar-refractivity contribution < 1.29 is 33.0 Å². The molecule has 2 aliphatic heterocycles. The van der Waals surface area contributed by atoms with Crippen LogP contribution in [-0.2, 0) is 16.0 Å². The molecular formula is C39H51ClF2N8O5. The number of rotatable bonds is 10. The standard InChI is InChI=1S/C20H29ClFN5O2.C12H13NO.C6H6N2O2.CH3F/c1-5-16(23-2)19(27-10-8-25(3)9-11-27)20(29)26(4)13-18(28)24-17-7-6-14(22)12-15(17)21;1-3-11(13-2)9-4-5-12-10(8-9)6-7-14-12;1-4-6(10)5(2-9)8-3-7-4;1-2/h6-7,12,23H,5,8-11,13H2,1-4H3,(H,24,28);3-5,8H,2,6-7H2,1H3;2-3,10H,1H3;1H3/b19-16+;;;. The van der Waals surface area contributed by atoms with Crippen LogP contribution in [-0.4, -0.2) is 122 Å². The molecule has 1 saturated heterocycles. The molecule has 2 aromatic carbocycles. The second-order valence-electron chi connectivity index (χ2n) is 12.1. The van der Waals surface area contributed by atoms with Crippen molar-refractivity contribution in [2.24, 2.45) is 4.99 Å². The lowest BCUT2D eigenvalue weighted by atomic mass is 10.1. The third kappa shape index (κ3) is 13.4. The van der Waals surface area contributed by atoms with Crippen LogP contribution in [0.4, 0.5) is 14.5 Å². The molecule has 3 N–H and O–H groups in total. The number of carbonyl (C=O) groups is 3. The Bertz CT molecular complexity index is 1830. The number of nitrogens with one attached hydrogen (secondary N) is 2. The number of aromatic nitrogens is 2. The van der Waals surface area contributed by atoms with Crippen LogP contribution in [0.25, 0.3) is 5.70 Å². The summed E-state index contributed by atoms with van der Waals surface area (Å²) in [6.45, 7) is 13.0. The van der Waals surface area contributed by atoms with E-state index in [2.05, 4.69) is 55.2 Å². The van der Waals surface area contributed by atoms with E-state index in [1.54, 1.807) is 21.0 Å². The zero-order valence-corrected chi connectivity index (χ0v) is 33.2. The van der Waals surface area contributed by atoms with Crippen molar-refractivity contribution in [3.63, 3.8) is 0 Å². The number of benzene rings is 2. The van der Waals surface area contributed by atoms with Gasteiger partial charge in [-0.15, -0.1) is 0 Å². The predicted molar refractivity (Wildman–Crippen MR) is 213 cm³/mol. The number of aldehydes is 1. The number of likely N-dealkylation sites (N-methyl/N-ethyl adjacent to an activating group) is 2. The summed E-state index contributed by atoms with van der Waals surface area (Å²) in [6, 6.07) is 9.89. The van der Waals surface area contributed by atoms with Crippen molar-refractivity contribution in [1.82, 2.24) is 30.0 Å². The van der Waals surface area contributed by atoms with Gasteiger partial charge in [0.2, 0.25) is 5.91 Å². The third-order valence-electron chi connectivity index (χ3n) is 8.47. The maximum Gasteiger partial charge on any atom is 0.272 e. The minimum atomic E-state index is -0.485. The molecule has 3 heterocycles. The molecular weight excluding hydrogens is 734 g/mol. The number of aliphatic imine (C=N–C) groups is 1. The van der Waals surface area contributed by atoms with Crippen LogP contribution in [0.15, 0.2) is 65.2 Å². The van der Waals surface area contributed by atoms with Gasteiger partial charge in [0.05, 0.1) is 42.4 Å². The Morgan fingerprint density at radius 2 is 1.84 bits per heavy atom. The van der Waals surface area contributed by atoms with Crippen LogP contribution in [0, 0.1) is 12.7 Å². The summed E-state index contributed by atoms with van der Waals surface area (Å²) in [6.07, 6.45) is 5.36. The number of ether oxygens (including phenoxy) is 1. The first-order valence-electron chi connectivity index (χ1n) is 17.4. The van der Waals surface area contributed by atoms with Gasteiger partial charge in [-0.25, -0.2) is 14.4 Å². The molecule has 16 heteroatoms. The molecule has 0 saturated carbocycles. The fourth-order valence-corrected chi connectivity index (χ4v) is 5.68. The van der Waals surface area contributed by atoms with E-state index in [0.717, 1.165) is 68.0 Å². The average Bonchev–Trinajstić information content (AvgIpc) is 3.66. The Morgan fingerprint density at radius 3 is 2.40 bits per heavy atom. The SMILES string of the molecule is C=NC(=CC)c1ccc2c(c1)CCO2.CC/C(NC)=C(/C(=O)N(C)CC(=O)Nc1ccc(F)cc1Cl)N1CCN(C)CC1.CF.Cc1ncnc(C=O)c1O. The molecule has 1 fully saturated rings. The fourth-order valence-electron chi connectivity index (χ4n) is 5.46. The second kappa shape index (κ2) is 23.4. The summed E-state index contributed by atoms with van der Waals surface area (Å²) in [7, 11) is 5.94. The first-order valence-corrected chi connectivity index (χ1v) is 17.8. The largest absolute Gasteiger partial charge is 0.504 e. The molecule has 5 rings (SSSR count). The van der Waals surface area contributed by atoms with Gasteiger partial charge in [-0.1, -0.05) is 24.6 Å². The molecule has 0 aliphatic carbocycles. The highest BCUT2D eigenvalue weighted by Gasteiger charge is 2.27. The molecule has 1 aromatic heterocycles. The second-order valence-corrected chi connectivity index (χ2v) is 12.5. The molecule has 55 heavy (non-hydrogen) atoms. The van der Waals surface area contributed by atoms with Gasteiger partial charge < -0.3 is 35.2 Å². The lowest BCUT2D eigenvalue weighted by Gasteiger charge is -2.37. The zero-order valence-electron chi connectivity index (χ0n) is 32.5. The van der Waals surface area contributed by atoms with Gasteiger partial charge in [0.15, 0.2) is 12.0 Å². The average molecular weight is 785 g/mol. The number of carbonyl (C=O) groups excluding carboxylic acids is 3. The normalized spacial score (nSPS) is 13.8. The third-order valence-corrected chi connectivity index (χ3v) is 8.78. The molecule has 0 bridgehead atoms. The number of amides is 2. The van der Waals surface area contributed by atoms with Crippen LogP contribution in [0.2, 0.25) is 5.02 Å². The highest BCUT2D eigenvalue weighted by atomic mass is 35.5. The van der Waals surface area contributed by atoms with E-state index >= 15 is 0 Å². The number of anilines is 1. The summed E-state index contributed by atoms with van der Waals surface area (Å²) in [4.78, 5) is 52.6. The highest BCUT2D eigenvalue weighted by molar-refractivity contribution is 6.33. The summed E-state index contributed by atoms with van der Waals surface area (Å²) in [5.74, 6) is -0.247. The molecule has 13 nitrogen and oxygen atoms in total. The molecule has 0 radical (unpaired) electrons. The lowest BCUT2D eigenvalue weighted by Crippen LogP contribution is -2.49. The van der Waals surface area contributed by atoms with Crippen molar-refractivity contribution >= 4 is 47.8 Å². The van der Waals surface area contributed by atoms with Crippen molar-refractivity contribution in [3.05, 3.63) is 93.6 Å². The van der Waals surface area contributed by atoms with Crippen molar-refractivity contribution in [3.8, 4) is 11.5 Å². The van der Waals surface area contributed by atoms with Crippen molar-refractivity contribution in [2.45, 2.75) is 33.6 Å². The monoisotopic (exact) mass is 784 g/mol. The van der Waals surface area contributed by atoms with Gasteiger partial charge in [-0.05, 0) is 76.0 Å². The summed E-state index contributed by atoms with van der Waals surface area (Å²) >= 11 is 5.95. The topological polar surface area (TPSA) is 153 Å². The van der Waals surface area contributed by atoms with Crippen LogP contribution in [0.5, 0.6) is 11.5 Å². The first kappa shape index (κ1) is 45.7. The summed E-state index contributed by atoms with van der Waals surface area (Å²) < 4.78 is 28.1. The van der Waals surface area contributed by atoms with E-state index in [0.29, 0.717) is 37.0 Å². The van der Waals surface area contributed by atoms with Crippen LogP contribution in [0.3, 0.4) is 0 Å². The van der Waals surface area contributed by atoms with Crippen LogP contribution < -0.4 is 15.4 Å². The Balaban J connectivity index is 0.000000329. The van der Waals surface area contributed by atoms with E-state index in [-0.39, 0.29) is 28.9 Å². The zero-order chi connectivity index (χ0) is 41.1. The number of hydrogen-bond donors (Lipinski definition) is 3. The van der Waals surface area contributed by atoms with Crippen molar-refractivity contribution in [2.75, 3.05) is 73.0 Å². The van der Waals surface area contributed by atoms with E-state index in [1.165, 1.54) is 28.9 Å². The van der Waals surface area contributed by atoms with Gasteiger partial charge in [-0.3, -0.25) is 23.8 Å². The smallest absolute Gasteiger partial charge is 0.272 e. The minimum Gasteiger partial charge on any atom is -0.504 e. The van der Waals surface area contributed by atoms with Crippen molar-refractivity contribution in [1.29, 1.82) is 0 Å². The number of aromatic hydroxyl groups is 1. The Morgan fingerprint density at radius 1 is 1.15 bits per heavy atom. The summed E-state index contributed by atoms with van der Waals surface area (Å²) in [5.41, 5.74) is 5.51. The number of allylic oxidation sites excluding steroid dienone is 2. The molecule has 2 aliphatic rings. The fraction of sp³-hybridized carbons (Fsp3) is 0.385. The molecule has 0 atom stereocenters. The van der Waals surface area contributed by atoms with E-state index in [4.69, 9.17) is 21.4 Å². The maximum atomic E-state index is 13.2. The highest BCUT2D eigenvalue weighted by Crippen LogP contribution is 2.29. The maximum absolute atomic E-state index is 13.2. The summed E-state index contributed by atoms with van der Waals surface area (Å²) in [5, 5.41) is 14.9. The van der Waals surface area contributed by atoms with E-state index in [1.807, 2.05) is 32.1 Å². The molecule has 2 amide bonds. The first-order chi connectivity index (χ1) is 26.4. The van der Waals surface area contributed by atoms with E-state index < -0.39 is 11.7 Å². The van der Waals surface area contributed by atoms with E-state index in [9.17, 15) is 23.2 Å². The van der Waals surface area contributed by atoms with Crippen LogP contribution in [0.1, 0.15) is 47.6 Å². The van der Waals surface area contributed by atoms with Gasteiger partial charge >= 0.3 is 0 Å². The van der Waals surface area contributed by atoms with Gasteiger partial charge in [0.1, 0.15) is 29.3 Å². The number of piperazine rings is 1. The lowest BCUT2D eigenvalue weighted by molar-refractivity contribution is -0.131. The number of fused-ring (bicyclic) bond motifs is 1. The number of halogens is 3. The van der Waals surface area contributed by atoms with Gasteiger partial charge in [0.25, 0.3) is 5.91 Å².